The Morgan fingerprint density at radius 1 is 0.391 bits per heavy atom. The van der Waals surface area contributed by atoms with Gasteiger partial charge in [-0.1, -0.05) is 83.1 Å². The summed E-state index contributed by atoms with van der Waals surface area (Å²) in [6, 6.07) is 0. The highest BCUT2D eigenvalue weighted by Gasteiger charge is 2.66. The standard InChI is InChI=1S/C23H44/c1-20(2,3)16-14-13-15(17(16)21(4,5)6)19(23(10,11)12)18(14)22(7,8)9/h14-19H,13H2,1-12H3. The van der Waals surface area contributed by atoms with Gasteiger partial charge in [-0.3, -0.25) is 0 Å². The third-order valence-electron chi connectivity index (χ3n) is 7.16. The quantitative estimate of drug-likeness (QED) is 0.439. The fourth-order valence-corrected chi connectivity index (χ4v) is 7.14. The summed E-state index contributed by atoms with van der Waals surface area (Å²) in [5, 5.41) is 0. The first-order chi connectivity index (χ1) is 9.97. The maximum absolute atomic E-state index is 2.50. The van der Waals surface area contributed by atoms with E-state index in [1.54, 1.807) is 0 Å². The van der Waals surface area contributed by atoms with Gasteiger partial charge < -0.3 is 0 Å². The lowest BCUT2D eigenvalue weighted by atomic mass is 9.48. The molecule has 0 aromatic heterocycles. The van der Waals surface area contributed by atoms with Gasteiger partial charge in [-0.15, -0.1) is 0 Å². The van der Waals surface area contributed by atoms with Crippen molar-refractivity contribution in [2.75, 3.05) is 0 Å². The molecule has 0 heterocycles. The molecule has 2 aliphatic carbocycles. The molecule has 2 rings (SSSR count). The molecule has 0 saturated heterocycles. The monoisotopic (exact) mass is 320 g/mol. The molecular weight excluding hydrogens is 276 g/mol. The van der Waals surface area contributed by atoms with Crippen LogP contribution in [0.15, 0.2) is 0 Å². The SMILES string of the molecule is CC(C)(C)C1C2CC(C1C(C)(C)C)C(C(C)(C)C)C2C(C)(C)C. The molecule has 2 fully saturated rings. The van der Waals surface area contributed by atoms with E-state index < -0.39 is 0 Å². The highest BCUT2D eigenvalue weighted by atomic mass is 14.7. The maximum atomic E-state index is 2.50. The van der Waals surface area contributed by atoms with E-state index in [4.69, 9.17) is 0 Å². The van der Waals surface area contributed by atoms with Gasteiger partial charge in [0.1, 0.15) is 0 Å². The highest BCUT2D eigenvalue weighted by molar-refractivity contribution is 5.13. The second-order valence-corrected chi connectivity index (χ2v) is 13.1. The molecule has 0 aromatic rings. The maximum Gasteiger partial charge on any atom is -0.0298 e. The average Bonchev–Trinajstić information content (AvgIpc) is 2.77. The molecule has 0 radical (unpaired) electrons. The van der Waals surface area contributed by atoms with Crippen molar-refractivity contribution in [3.05, 3.63) is 0 Å². The van der Waals surface area contributed by atoms with Crippen molar-refractivity contribution < 1.29 is 0 Å². The van der Waals surface area contributed by atoms with E-state index in [0.29, 0.717) is 21.7 Å². The summed E-state index contributed by atoms with van der Waals surface area (Å²) < 4.78 is 0. The minimum Gasteiger partial charge on any atom is -0.0599 e. The van der Waals surface area contributed by atoms with Crippen LogP contribution in [0.5, 0.6) is 0 Å². The van der Waals surface area contributed by atoms with E-state index in [-0.39, 0.29) is 0 Å². The molecule has 0 N–H and O–H groups in total. The molecule has 23 heavy (non-hydrogen) atoms. The first-order valence-electron chi connectivity index (χ1n) is 9.97. The first-order valence-corrected chi connectivity index (χ1v) is 9.97. The minimum absolute atomic E-state index is 0.420. The molecule has 2 bridgehead atoms. The summed E-state index contributed by atoms with van der Waals surface area (Å²) in [6.07, 6.45) is 1.48. The molecule has 0 spiro atoms. The van der Waals surface area contributed by atoms with Gasteiger partial charge in [0.15, 0.2) is 0 Å². The van der Waals surface area contributed by atoms with Gasteiger partial charge in [0.25, 0.3) is 0 Å². The summed E-state index contributed by atoms with van der Waals surface area (Å²) in [5.74, 6) is 5.30. The van der Waals surface area contributed by atoms with Crippen LogP contribution in [0.2, 0.25) is 0 Å². The molecule has 4 unspecified atom stereocenters. The Kier molecular flexibility index (Phi) is 4.41. The van der Waals surface area contributed by atoms with Crippen molar-refractivity contribution in [2.24, 2.45) is 57.2 Å². The lowest BCUT2D eigenvalue weighted by Gasteiger charge is -2.57. The Hall–Kier alpha value is 0. The van der Waals surface area contributed by atoms with Crippen LogP contribution in [0.4, 0.5) is 0 Å². The largest absolute Gasteiger partial charge is 0.0599 e. The molecule has 136 valence electrons. The van der Waals surface area contributed by atoms with E-state index in [2.05, 4.69) is 83.1 Å². The Morgan fingerprint density at radius 2 is 0.565 bits per heavy atom. The van der Waals surface area contributed by atoms with Crippen molar-refractivity contribution in [3.63, 3.8) is 0 Å². The Bertz CT molecular complexity index is 347. The normalized spacial score (nSPS) is 39.1. The summed E-state index contributed by atoms with van der Waals surface area (Å²) >= 11 is 0. The molecule has 0 nitrogen and oxygen atoms in total. The van der Waals surface area contributed by atoms with Gasteiger partial charge >= 0.3 is 0 Å². The van der Waals surface area contributed by atoms with E-state index in [9.17, 15) is 0 Å². The molecule has 4 atom stereocenters. The van der Waals surface area contributed by atoms with Crippen LogP contribution < -0.4 is 0 Å². The van der Waals surface area contributed by atoms with Gasteiger partial charge in [0.05, 0.1) is 0 Å². The number of fused-ring (bicyclic) bond motifs is 2. The summed E-state index contributed by atoms with van der Waals surface area (Å²) in [4.78, 5) is 0. The Morgan fingerprint density at radius 3 is 0.696 bits per heavy atom. The van der Waals surface area contributed by atoms with Crippen molar-refractivity contribution in [3.8, 4) is 0 Å². The lowest BCUT2D eigenvalue weighted by molar-refractivity contribution is -0.0893. The molecule has 0 aromatic carbocycles. The predicted molar refractivity (Wildman–Crippen MR) is 103 cm³/mol. The van der Waals surface area contributed by atoms with Crippen LogP contribution in [0, 0.1) is 57.2 Å². The highest BCUT2D eigenvalue weighted by Crippen LogP contribution is 2.71. The summed E-state index contributed by atoms with van der Waals surface area (Å²) in [6.45, 7) is 30.0. The van der Waals surface area contributed by atoms with E-state index in [1.165, 1.54) is 6.42 Å². The Labute approximate surface area is 147 Å². The Balaban J connectivity index is 2.56. The molecule has 2 aliphatic rings. The average molecular weight is 321 g/mol. The predicted octanol–water partition coefficient (Wildman–Crippen LogP) is 7.29. The van der Waals surface area contributed by atoms with Crippen molar-refractivity contribution in [2.45, 2.75) is 89.5 Å². The van der Waals surface area contributed by atoms with Gasteiger partial charge in [-0.25, -0.2) is 0 Å². The van der Waals surface area contributed by atoms with Crippen LogP contribution in [-0.4, -0.2) is 0 Å². The van der Waals surface area contributed by atoms with Gasteiger partial charge in [0.2, 0.25) is 0 Å². The van der Waals surface area contributed by atoms with Crippen molar-refractivity contribution in [1.82, 2.24) is 0 Å². The zero-order valence-electron chi connectivity index (χ0n) is 18.2. The summed E-state index contributed by atoms with van der Waals surface area (Å²) in [7, 11) is 0. The van der Waals surface area contributed by atoms with Gasteiger partial charge in [0, 0.05) is 0 Å². The van der Waals surface area contributed by atoms with E-state index in [1.807, 2.05) is 0 Å². The molecular formula is C23H44. The smallest absolute Gasteiger partial charge is 0.0298 e. The topological polar surface area (TPSA) is 0 Å². The molecule has 0 aliphatic heterocycles. The second kappa shape index (κ2) is 5.25. The third-order valence-corrected chi connectivity index (χ3v) is 7.16. The fourth-order valence-electron chi connectivity index (χ4n) is 7.14. The molecule has 0 heteroatoms. The first kappa shape index (κ1) is 19.3. The van der Waals surface area contributed by atoms with E-state index >= 15 is 0 Å². The number of hydrogen-bond donors (Lipinski definition) is 0. The molecule has 0 amide bonds. The number of rotatable bonds is 0. The van der Waals surface area contributed by atoms with E-state index in [0.717, 1.165) is 35.5 Å². The molecule has 2 saturated carbocycles. The van der Waals surface area contributed by atoms with Gasteiger partial charge in [-0.05, 0) is 63.6 Å². The van der Waals surface area contributed by atoms with Crippen LogP contribution in [0.3, 0.4) is 0 Å². The third kappa shape index (κ3) is 3.25. The van der Waals surface area contributed by atoms with Crippen LogP contribution in [0.25, 0.3) is 0 Å². The van der Waals surface area contributed by atoms with Crippen molar-refractivity contribution >= 4 is 0 Å². The van der Waals surface area contributed by atoms with Gasteiger partial charge in [-0.2, -0.15) is 0 Å². The van der Waals surface area contributed by atoms with Crippen LogP contribution >= 0.6 is 0 Å². The number of hydrogen-bond acceptors (Lipinski definition) is 0. The summed E-state index contributed by atoms with van der Waals surface area (Å²) in [5.41, 5.74) is 1.68. The zero-order chi connectivity index (χ0) is 18.2. The fraction of sp³-hybridized carbons (Fsp3) is 1.00. The van der Waals surface area contributed by atoms with Crippen LogP contribution in [-0.2, 0) is 0 Å². The lowest BCUT2D eigenvalue weighted by Crippen LogP contribution is -2.51. The second-order valence-electron chi connectivity index (χ2n) is 13.1. The van der Waals surface area contributed by atoms with Crippen molar-refractivity contribution in [1.29, 1.82) is 0 Å². The zero-order valence-corrected chi connectivity index (χ0v) is 18.2. The minimum atomic E-state index is 0.420. The van der Waals surface area contributed by atoms with Crippen LogP contribution in [0.1, 0.15) is 89.5 Å².